The molecule has 8 nitrogen and oxygen atoms in total. The number of nitrogens with one attached hydrogen (secondary N) is 3. The van der Waals surface area contributed by atoms with Gasteiger partial charge in [-0.1, -0.05) is 18.7 Å². The second kappa shape index (κ2) is 5.47. The van der Waals surface area contributed by atoms with Crippen LogP contribution in [0.15, 0.2) is 14.6 Å². The Balaban J connectivity index is 2.90. The number of carbonyl (C=O) groups is 1. The fourth-order valence-corrected chi connectivity index (χ4v) is 1.83. The summed E-state index contributed by atoms with van der Waals surface area (Å²) in [4.78, 5) is 35.3. The van der Waals surface area contributed by atoms with Gasteiger partial charge in [0.1, 0.15) is 0 Å². The first kappa shape index (κ1) is 12.5. The number of hydrazine groups is 1. The van der Waals surface area contributed by atoms with Gasteiger partial charge in [0, 0.05) is 0 Å². The van der Waals surface area contributed by atoms with E-state index in [1.54, 1.807) is 6.92 Å². The lowest BCUT2D eigenvalue weighted by molar-refractivity contribution is -0.120. The molecule has 88 valence electrons. The molecule has 0 bridgehead atoms. The van der Waals surface area contributed by atoms with Crippen molar-refractivity contribution in [2.24, 2.45) is 5.84 Å². The quantitative estimate of drug-likeness (QED) is 0.217. The summed E-state index contributed by atoms with van der Waals surface area (Å²) in [5.74, 6) is 4.58. The topological polar surface area (TPSA) is 134 Å². The van der Waals surface area contributed by atoms with Gasteiger partial charge in [-0.3, -0.25) is 20.0 Å². The van der Waals surface area contributed by atoms with Crippen LogP contribution in [-0.4, -0.2) is 26.3 Å². The van der Waals surface area contributed by atoms with E-state index >= 15 is 0 Å². The van der Waals surface area contributed by atoms with Gasteiger partial charge in [-0.15, -0.1) is 0 Å². The number of rotatable bonds is 4. The predicted octanol–water partition coefficient (Wildman–Crippen LogP) is -1.68. The van der Waals surface area contributed by atoms with Crippen molar-refractivity contribution in [1.29, 1.82) is 0 Å². The van der Waals surface area contributed by atoms with Crippen LogP contribution in [0.3, 0.4) is 0 Å². The Hall–Kier alpha value is -1.61. The van der Waals surface area contributed by atoms with Crippen molar-refractivity contribution >= 4 is 17.7 Å². The SMILES string of the molecule is CC[C@H](Sc1n[nH]c(=O)[nH]c1=O)C(=O)NN. The molecule has 0 saturated heterocycles. The lowest BCUT2D eigenvalue weighted by Gasteiger charge is -2.10. The number of aromatic amines is 2. The van der Waals surface area contributed by atoms with E-state index in [2.05, 4.69) is 10.2 Å². The van der Waals surface area contributed by atoms with Crippen LogP contribution in [0.1, 0.15) is 13.3 Å². The van der Waals surface area contributed by atoms with Crippen molar-refractivity contribution in [3.05, 3.63) is 20.8 Å². The van der Waals surface area contributed by atoms with Crippen molar-refractivity contribution < 1.29 is 4.79 Å². The maximum Gasteiger partial charge on any atom is 0.342 e. The monoisotopic (exact) mass is 245 g/mol. The maximum atomic E-state index is 11.3. The molecule has 0 radical (unpaired) electrons. The Morgan fingerprint density at radius 3 is 2.81 bits per heavy atom. The van der Waals surface area contributed by atoms with Crippen molar-refractivity contribution in [1.82, 2.24) is 20.6 Å². The minimum absolute atomic E-state index is 0.0232. The molecule has 0 spiro atoms. The van der Waals surface area contributed by atoms with Gasteiger partial charge in [0.15, 0.2) is 5.03 Å². The Morgan fingerprint density at radius 1 is 1.62 bits per heavy atom. The molecule has 0 unspecified atom stereocenters. The third kappa shape index (κ3) is 2.94. The molecule has 0 aliphatic heterocycles. The predicted molar refractivity (Wildman–Crippen MR) is 57.7 cm³/mol. The lowest BCUT2D eigenvalue weighted by Crippen LogP contribution is -2.38. The highest BCUT2D eigenvalue weighted by Crippen LogP contribution is 2.19. The van der Waals surface area contributed by atoms with Gasteiger partial charge < -0.3 is 0 Å². The number of thioether (sulfide) groups is 1. The zero-order valence-electron chi connectivity index (χ0n) is 8.44. The molecule has 16 heavy (non-hydrogen) atoms. The highest BCUT2D eigenvalue weighted by Gasteiger charge is 2.19. The van der Waals surface area contributed by atoms with Crippen molar-refractivity contribution in [2.75, 3.05) is 0 Å². The summed E-state index contributed by atoms with van der Waals surface area (Å²) in [6.45, 7) is 1.77. The highest BCUT2D eigenvalue weighted by atomic mass is 32.2. The third-order valence-corrected chi connectivity index (χ3v) is 3.07. The normalized spacial score (nSPS) is 12.1. The zero-order chi connectivity index (χ0) is 12.1. The van der Waals surface area contributed by atoms with Crippen LogP contribution in [0, 0.1) is 0 Å². The van der Waals surface area contributed by atoms with E-state index in [0.717, 1.165) is 11.8 Å². The molecule has 1 aromatic heterocycles. The van der Waals surface area contributed by atoms with Crippen LogP contribution < -0.4 is 22.5 Å². The number of hydrogen-bond acceptors (Lipinski definition) is 6. The Bertz CT molecular complexity index is 481. The molecule has 1 aromatic rings. The largest absolute Gasteiger partial charge is 0.342 e. The molecule has 1 heterocycles. The standard InChI is InChI=1S/C7H11N5O3S/c1-2-3(4(13)10-8)16-6-5(14)9-7(15)12-11-6/h3H,2,8H2,1H3,(H,10,13)(H2,9,12,14,15)/t3-/m0/s1. The molecule has 5 N–H and O–H groups in total. The van der Waals surface area contributed by atoms with Crippen LogP contribution >= 0.6 is 11.8 Å². The van der Waals surface area contributed by atoms with Crippen molar-refractivity contribution in [3.8, 4) is 0 Å². The summed E-state index contributed by atoms with van der Waals surface area (Å²) >= 11 is 0.940. The second-order valence-electron chi connectivity index (χ2n) is 2.84. The number of amides is 1. The second-order valence-corrected chi connectivity index (χ2v) is 4.03. The van der Waals surface area contributed by atoms with E-state index < -0.39 is 22.4 Å². The molecular formula is C7H11N5O3S. The smallest absolute Gasteiger partial charge is 0.293 e. The number of aromatic nitrogens is 3. The van der Waals surface area contributed by atoms with Gasteiger partial charge in [0.2, 0.25) is 5.91 Å². The summed E-state index contributed by atoms with van der Waals surface area (Å²) in [5, 5.41) is 5.12. The number of H-pyrrole nitrogens is 2. The fraction of sp³-hybridized carbons (Fsp3) is 0.429. The zero-order valence-corrected chi connectivity index (χ0v) is 9.26. The summed E-state index contributed by atoms with van der Waals surface area (Å²) in [7, 11) is 0. The van der Waals surface area contributed by atoms with Crippen LogP contribution in [0.2, 0.25) is 0 Å². The van der Waals surface area contributed by atoms with Gasteiger partial charge in [-0.2, -0.15) is 5.10 Å². The summed E-state index contributed by atoms with van der Waals surface area (Å²) in [6, 6.07) is 0. The molecule has 1 rings (SSSR count). The Kier molecular flexibility index (Phi) is 4.26. The summed E-state index contributed by atoms with van der Waals surface area (Å²) in [6.07, 6.45) is 0.480. The van der Waals surface area contributed by atoms with Crippen molar-refractivity contribution in [3.63, 3.8) is 0 Å². The average molecular weight is 245 g/mol. The van der Waals surface area contributed by atoms with Gasteiger partial charge in [-0.05, 0) is 6.42 Å². The first-order valence-electron chi connectivity index (χ1n) is 4.44. The van der Waals surface area contributed by atoms with Crippen LogP contribution in [0.5, 0.6) is 0 Å². The van der Waals surface area contributed by atoms with E-state index in [1.807, 2.05) is 10.4 Å². The summed E-state index contributed by atoms with van der Waals surface area (Å²) < 4.78 is 0. The number of nitrogens with two attached hydrogens (primary N) is 1. The van der Waals surface area contributed by atoms with Crippen LogP contribution in [0.25, 0.3) is 0 Å². The van der Waals surface area contributed by atoms with Crippen LogP contribution in [0.4, 0.5) is 0 Å². The molecule has 0 aliphatic carbocycles. The lowest BCUT2D eigenvalue weighted by atomic mass is 10.3. The van der Waals surface area contributed by atoms with Gasteiger partial charge in [0.05, 0.1) is 5.25 Å². The van der Waals surface area contributed by atoms with Crippen molar-refractivity contribution in [2.45, 2.75) is 23.6 Å². The number of nitrogens with zero attached hydrogens (tertiary/aromatic N) is 1. The molecule has 0 saturated carbocycles. The summed E-state index contributed by atoms with van der Waals surface area (Å²) in [5.41, 5.74) is 0.678. The molecule has 0 aliphatic rings. The molecule has 0 aromatic carbocycles. The molecule has 0 fully saturated rings. The van der Waals surface area contributed by atoms with E-state index in [4.69, 9.17) is 5.84 Å². The van der Waals surface area contributed by atoms with E-state index in [9.17, 15) is 14.4 Å². The minimum Gasteiger partial charge on any atom is -0.293 e. The van der Waals surface area contributed by atoms with Gasteiger partial charge in [0.25, 0.3) is 5.56 Å². The van der Waals surface area contributed by atoms with E-state index in [1.165, 1.54) is 0 Å². The molecule has 9 heteroatoms. The van der Waals surface area contributed by atoms with Gasteiger partial charge >= 0.3 is 5.69 Å². The number of hydrogen-bond donors (Lipinski definition) is 4. The first-order chi connectivity index (χ1) is 7.58. The Labute approximate surface area is 94.0 Å². The third-order valence-electron chi connectivity index (χ3n) is 1.74. The minimum atomic E-state index is -0.689. The maximum absolute atomic E-state index is 11.3. The average Bonchev–Trinajstić information content (AvgIpc) is 2.27. The van der Waals surface area contributed by atoms with Gasteiger partial charge in [-0.25, -0.2) is 15.7 Å². The Morgan fingerprint density at radius 2 is 2.31 bits per heavy atom. The fourth-order valence-electron chi connectivity index (χ4n) is 0.967. The molecule has 1 atom stereocenters. The number of carbonyl (C=O) groups excluding carboxylic acids is 1. The van der Waals surface area contributed by atoms with E-state index in [0.29, 0.717) is 6.42 Å². The molecular weight excluding hydrogens is 234 g/mol. The molecule has 1 amide bonds. The van der Waals surface area contributed by atoms with E-state index in [-0.39, 0.29) is 5.03 Å². The highest BCUT2D eigenvalue weighted by molar-refractivity contribution is 8.00. The van der Waals surface area contributed by atoms with Crippen LogP contribution in [-0.2, 0) is 4.79 Å². The first-order valence-corrected chi connectivity index (χ1v) is 5.32.